The molecule has 2 rings (SSSR count). The van der Waals surface area contributed by atoms with Crippen LogP contribution in [-0.4, -0.2) is 42.8 Å². The fraction of sp³-hybridized carbons (Fsp3) is 0.273. The van der Waals surface area contributed by atoms with Crippen molar-refractivity contribution in [3.05, 3.63) is 88.0 Å². The van der Waals surface area contributed by atoms with Crippen molar-refractivity contribution in [2.45, 2.75) is 39.5 Å². The van der Waals surface area contributed by atoms with E-state index >= 15 is 0 Å². The van der Waals surface area contributed by atoms with E-state index in [0.717, 1.165) is 64.1 Å². The molecule has 0 fully saturated rings. The molecule has 0 unspecified atom stereocenters. The van der Waals surface area contributed by atoms with Crippen LogP contribution in [0.15, 0.2) is 36.4 Å². The van der Waals surface area contributed by atoms with E-state index in [1.165, 1.54) is 0 Å². The van der Waals surface area contributed by atoms with Gasteiger partial charge in [0.1, 0.15) is 35.0 Å². The maximum absolute atomic E-state index is 11.4. The molecule has 211 valence electrons. The number of benzene rings is 2. The molecule has 0 aliphatic carbocycles. The maximum Gasteiger partial charge on any atom is 0.280 e. The molecule has 17 heteroatoms. The molecule has 0 spiro atoms. The first-order valence-corrected chi connectivity index (χ1v) is 10.4. The summed E-state index contributed by atoms with van der Waals surface area (Å²) in [6, 6.07) is 5.69. The Morgan fingerprint density at radius 3 is 0.974 bits per heavy atom. The van der Waals surface area contributed by atoms with Gasteiger partial charge in [-0.15, -0.1) is 0 Å². The van der Waals surface area contributed by atoms with Crippen molar-refractivity contribution < 1.29 is 55.9 Å². The third-order valence-electron chi connectivity index (χ3n) is 5.09. The molecule has 0 amide bonds. The number of non-ortho nitro benzene ring substituents is 2. The summed E-state index contributed by atoms with van der Waals surface area (Å²) in [4.78, 5) is 85.3. The van der Waals surface area contributed by atoms with Crippen LogP contribution in [0.4, 0.5) is 22.7 Å². The van der Waals surface area contributed by atoms with Crippen LogP contribution in [0.25, 0.3) is 0 Å². The minimum absolute atomic E-state index is 0. The summed E-state index contributed by atoms with van der Waals surface area (Å²) in [5.41, 5.74) is -2.41. The molecule has 0 bridgehead atoms. The van der Waals surface area contributed by atoms with E-state index in [1.807, 2.05) is 0 Å². The quantitative estimate of drug-likeness (QED) is 0.166. The summed E-state index contributed by atoms with van der Waals surface area (Å²) in [6.07, 6.45) is 0. The van der Waals surface area contributed by atoms with Crippen molar-refractivity contribution in [3.8, 4) is 0 Å². The maximum atomic E-state index is 11.4. The average Bonchev–Trinajstić information content (AvgIpc) is 2.78. The molecule has 0 aliphatic heterocycles. The Labute approximate surface area is 229 Å². The SMILES string of the molecule is CC(=O)C(C(C)=O)c1ccc([N+](=O)[O-])cc1[N+](=O)[O-].CC(=O)C(C(C)=O)c1ccc([N+](=O)[O-])cc1[N+](=O)[O-].[Cu]. The molecule has 0 saturated carbocycles. The van der Waals surface area contributed by atoms with Crippen LogP contribution in [0.3, 0.4) is 0 Å². The zero-order valence-corrected chi connectivity index (χ0v) is 21.5. The van der Waals surface area contributed by atoms with Crippen molar-refractivity contribution in [2.24, 2.45) is 0 Å². The Balaban J connectivity index is 0.000000722. The number of nitro groups is 4. The van der Waals surface area contributed by atoms with Gasteiger partial charge in [-0.1, -0.05) is 0 Å². The van der Waals surface area contributed by atoms with Crippen LogP contribution in [-0.2, 0) is 36.2 Å². The number of nitrogens with zero attached hydrogens (tertiary/aromatic N) is 4. The number of Topliss-reactive ketones (excluding diaryl/α,β-unsaturated/α-hetero) is 4. The third-order valence-corrected chi connectivity index (χ3v) is 5.09. The summed E-state index contributed by atoms with van der Waals surface area (Å²) in [6.45, 7) is 4.54. The number of nitro benzene ring substituents is 4. The fourth-order valence-corrected chi connectivity index (χ4v) is 3.54. The topological polar surface area (TPSA) is 241 Å². The standard InChI is InChI=1S/2C11H10N2O6.Cu/c2*1-6(14)11(7(2)15)9-4-3-8(12(16)17)5-10(9)13(18)19;/h2*3-5,11H,1-2H3;. The van der Waals surface area contributed by atoms with E-state index in [4.69, 9.17) is 0 Å². The Morgan fingerprint density at radius 2 is 0.795 bits per heavy atom. The number of ketones is 4. The first-order chi connectivity index (χ1) is 17.5. The van der Waals surface area contributed by atoms with Gasteiger partial charge in [0.2, 0.25) is 0 Å². The number of carbonyl (C=O) groups excluding carboxylic acids is 4. The summed E-state index contributed by atoms with van der Waals surface area (Å²) in [7, 11) is 0. The minimum atomic E-state index is -1.28. The average molecular weight is 596 g/mol. The van der Waals surface area contributed by atoms with Crippen LogP contribution in [0.5, 0.6) is 0 Å². The molecule has 0 heterocycles. The van der Waals surface area contributed by atoms with Gasteiger partial charge < -0.3 is 0 Å². The predicted octanol–water partition coefficient (Wildman–Crippen LogP) is 3.53. The summed E-state index contributed by atoms with van der Waals surface area (Å²) in [5, 5.41) is 43.0. The second-order valence-electron chi connectivity index (χ2n) is 7.82. The first kappa shape index (κ1) is 34.2. The second-order valence-corrected chi connectivity index (χ2v) is 7.82. The number of rotatable bonds is 10. The Bertz CT molecular complexity index is 1240. The van der Waals surface area contributed by atoms with Gasteiger partial charge >= 0.3 is 0 Å². The molecule has 2 aromatic rings. The molecule has 0 aliphatic rings. The zero-order chi connectivity index (χ0) is 29.5. The van der Waals surface area contributed by atoms with Crippen LogP contribution >= 0.6 is 0 Å². The second kappa shape index (κ2) is 14.2. The van der Waals surface area contributed by atoms with Gasteiger partial charge in [-0.3, -0.25) is 59.6 Å². The summed E-state index contributed by atoms with van der Waals surface area (Å²) >= 11 is 0. The van der Waals surface area contributed by atoms with Crippen molar-refractivity contribution in [1.29, 1.82) is 0 Å². The van der Waals surface area contributed by atoms with E-state index in [-0.39, 0.29) is 28.2 Å². The summed E-state index contributed by atoms with van der Waals surface area (Å²) < 4.78 is 0. The van der Waals surface area contributed by atoms with Gasteiger partial charge in [0, 0.05) is 40.3 Å². The van der Waals surface area contributed by atoms with Gasteiger partial charge in [0.15, 0.2) is 0 Å². The fourth-order valence-electron chi connectivity index (χ4n) is 3.54. The van der Waals surface area contributed by atoms with Crippen molar-refractivity contribution in [2.75, 3.05) is 0 Å². The molecule has 1 radical (unpaired) electrons. The third kappa shape index (κ3) is 8.65. The number of hydrogen-bond acceptors (Lipinski definition) is 12. The van der Waals surface area contributed by atoms with E-state index in [1.54, 1.807) is 0 Å². The first-order valence-electron chi connectivity index (χ1n) is 10.4. The Morgan fingerprint density at radius 1 is 0.538 bits per heavy atom. The molecule has 0 atom stereocenters. The molecule has 16 nitrogen and oxygen atoms in total. The summed E-state index contributed by atoms with van der Waals surface area (Å²) in [5.74, 6) is -4.76. The monoisotopic (exact) mass is 595 g/mol. The van der Waals surface area contributed by atoms with Gasteiger partial charge in [-0.05, 0) is 39.8 Å². The molecule has 39 heavy (non-hydrogen) atoms. The van der Waals surface area contributed by atoms with Gasteiger partial charge in [-0.2, -0.15) is 0 Å². The molecule has 0 N–H and O–H groups in total. The number of carbonyl (C=O) groups is 4. The van der Waals surface area contributed by atoms with Crippen LogP contribution in [0.1, 0.15) is 50.7 Å². The van der Waals surface area contributed by atoms with Crippen molar-refractivity contribution in [3.63, 3.8) is 0 Å². The van der Waals surface area contributed by atoms with Gasteiger partial charge in [-0.25, -0.2) is 0 Å². The molecule has 0 aromatic heterocycles. The van der Waals surface area contributed by atoms with Crippen LogP contribution in [0, 0.1) is 40.5 Å². The van der Waals surface area contributed by atoms with E-state index < -0.39 is 77.4 Å². The molecular weight excluding hydrogens is 576 g/mol. The predicted molar refractivity (Wildman–Crippen MR) is 128 cm³/mol. The Hall–Kier alpha value is -4.76. The normalized spacial score (nSPS) is 10.0. The zero-order valence-electron chi connectivity index (χ0n) is 20.6. The number of hydrogen-bond donors (Lipinski definition) is 0. The van der Waals surface area contributed by atoms with E-state index in [9.17, 15) is 59.6 Å². The van der Waals surface area contributed by atoms with E-state index in [0.29, 0.717) is 0 Å². The molecular formula is C22H20CuN4O12. The van der Waals surface area contributed by atoms with E-state index in [2.05, 4.69) is 0 Å². The van der Waals surface area contributed by atoms with Crippen LogP contribution < -0.4 is 0 Å². The van der Waals surface area contributed by atoms with Crippen molar-refractivity contribution in [1.82, 2.24) is 0 Å². The smallest absolute Gasteiger partial charge is 0.280 e. The van der Waals surface area contributed by atoms with Gasteiger partial charge in [0.25, 0.3) is 22.7 Å². The molecule has 2 aromatic carbocycles. The van der Waals surface area contributed by atoms with Crippen LogP contribution in [0.2, 0.25) is 0 Å². The van der Waals surface area contributed by atoms with Gasteiger partial charge in [0.05, 0.1) is 31.8 Å². The molecule has 0 saturated heterocycles. The minimum Gasteiger partial charge on any atom is -0.299 e. The van der Waals surface area contributed by atoms with Crippen molar-refractivity contribution >= 4 is 45.9 Å². The Kier molecular flexibility index (Phi) is 12.5. The largest absolute Gasteiger partial charge is 0.299 e.